The molecule has 0 radical (unpaired) electrons. The smallest absolute Gasteiger partial charge is 0.264 e. The molecule has 0 saturated carbocycles. The number of nitrogens with zero attached hydrogens (tertiary/aromatic N) is 2. The van der Waals surface area contributed by atoms with Gasteiger partial charge in [-0.1, -0.05) is 47.5 Å². The molecule has 1 aliphatic rings. The van der Waals surface area contributed by atoms with Gasteiger partial charge < -0.3 is 9.64 Å². The van der Waals surface area contributed by atoms with Crippen molar-refractivity contribution in [3.63, 3.8) is 0 Å². The van der Waals surface area contributed by atoms with Crippen molar-refractivity contribution in [2.75, 3.05) is 26.2 Å². The highest BCUT2D eigenvalue weighted by Gasteiger charge is 2.23. The normalized spacial score (nSPS) is 14.7. The predicted molar refractivity (Wildman–Crippen MR) is 122 cm³/mol. The van der Waals surface area contributed by atoms with E-state index in [9.17, 15) is 4.79 Å². The van der Waals surface area contributed by atoms with E-state index in [-0.39, 0.29) is 5.91 Å². The van der Waals surface area contributed by atoms with E-state index in [4.69, 9.17) is 16.3 Å². The van der Waals surface area contributed by atoms with Gasteiger partial charge in [-0.05, 0) is 42.1 Å². The van der Waals surface area contributed by atoms with Crippen molar-refractivity contribution < 1.29 is 9.53 Å². The zero-order valence-corrected chi connectivity index (χ0v) is 18.6. The van der Waals surface area contributed by atoms with Gasteiger partial charge in [-0.3, -0.25) is 9.69 Å². The molecule has 2 aromatic carbocycles. The summed E-state index contributed by atoms with van der Waals surface area (Å²) in [6.45, 7) is 6.79. The Labute approximate surface area is 186 Å². The number of carbonyl (C=O) groups is 1. The molecular formula is C24H25ClN2O2S. The van der Waals surface area contributed by atoms with Crippen molar-refractivity contribution in [3.05, 3.63) is 86.6 Å². The van der Waals surface area contributed by atoms with E-state index in [1.54, 1.807) is 6.07 Å². The number of thiophene rings is 1. The molecule has 0 unspecified atom stereocenters. The van der Waals surface area contributed by atoms with E-state index < -0.39 is 0 Å². The van der Waals surface area contributed by atoms with Crippen LogP contribution in [0.25, 0.3) is 0 Å². The maximum absolute atomic E-state index is 12.9. The van der Waals surface area contributed by atoms with Gasteiger partial charge in [0.2, 0.25) is 0 Å². The van der Waals surface area contributed by atoms with E-state index in [0.717, 1.165) is 48.9 Å². The van der Waals surface area contributed by atoms with E-state index in [1.165, 1.54) is 22.5 Å². The van der Waals surface area contributed by atoms with Gasteiger partial charge in [-0.2, -0.15) is 0 Å². The third-order valence-electron chi connectivity index (χ3n) is 5.25. The number of amides is 1. The molecule has 1 aliphatic heterocycles. The summed E-state index contributed by atoms with van der Waals surface area (Å²) in [7, 11) is 0. The van der Waals surface area contributed by atoms with Gasteiger partial charge >= 0.3 is 0 Å². The molecule has 0 atom stereocenters. The van der Waals surface area contributed by atoms with Crippen LogP contribution in [0.4, 0.5) is 0 Å². The molecule has 1 aromatic heterocycles. The molecule has 1 amide bonds. The summed E-state index contributed by atoms with van der Waals surface area (Å²) >= 11 is 7.47. The molecule has 6 heteroatoms. The first kappa shape index (κ1) is 20.9. The molecule has 1 fully saturated rings. The highest BCUT2D eigenvalue weighted by Crippen LogP contribution is 2.22. The van der Waals surface area contributed by atoms with Crippen LogP contribution in [0, 0.1) is 6.92 Å². The first-order chi connectivity index (χ1) is 14.6. The van der Waals surface area contributed by atoms with Crippen molar-refractivity contribution in [2.24, 2.45) is 0 Å². The number of hydrogen-bond acceptors (Lipinski definition) is 4. The fourth-order valence-electron chi connectivity index (χ4n) is 3.50. The van der Waals surface area contributed by atoms with Crippen LogP contribution in [0.1, 0.15) is 26.4 Å². The monoisotopic (exact) mass is 440 g/mol. The van der Waals surface area contributed by atoms with Crippen molar-refractivity contribution in [3.8, 4) is 5.75 Å². The van der Waals surface area contributed by atoms with Crippen molar-refractivity contribution in [1.82, 2.24) is 9.80 Å². The number of aryl methyl sites for hydroxylation is 1. The third kappa shape index (κ3) is 5.42. The van der Waals surface area contributed by atoms with Crippen LogP contribution in [-0.2, 0) is 13.2 Å². The molecule has 30 heavy (non-hydrogen) atoms. The van der Waals surface area contributed by atoms with Crippen LogP contribution in [-0.4, -0.2) is 41.9 Å². The van der Waals surface area contributed by atoms with Crippen LogP contribution in [0.2, 0.25) is 5.02 Å². The summed E-state index contributed by atoms with van der Waals surface area (Å²) in [5.41, 5.74) is 3.60. The van der Waals surface area contributed by atoms with E-state index in [0.29, 0.717) is 11.6 Å². The number of hydrogen-bond donors (Lipinski definition) is 0. The Balaban J connectivity index is 1.27. The number of ether oxygens (including phenoxy) is 1. The summed E-state index contributed by atoms with van der Waals surface area (Å²) in [4.78, 5) is 18.0. The summed E-state index contributed by atoms with van der Waals surface area (Å²) < 4.78 is 5.78. The molecule has 4 nitrogen and oxygen atoms in total. The first-order valence-electron chi connectivity index (χ1n) is 10.1. The fourth-order valence-corrected chi connectivity index (χ4v) is 4.55. The Hall–Kier alpha value is -2.34. The average molecular weight is 441 g/mol. The molecule has 0 N–H and O–H groups in total. The zero-order chi connectivity index (χ0) is 20.9. The lowest BCUT2D eigenvalue weighted by atomic mass is 10.1. The van der Waals surface area contributed by atoms with Gasteiger partial charge in [-0.25, -0.2) is 0 Å². The Morgan fingerprint density at radius 1 is 1.03 bits per heavy atom. The Kier molecular flexibility index (Phi) is 6.72. The minimum atomic E-state index is 0.115. The fraction of sp³-hybridized carbons (Fsp3) is 0.292. The van der Waals surface area contributed by atoms with Gasteiger partial charge in [0, 0.05) is 43.3 Å². The Bertz CT molecular complexity index is 994. The molecule has 4 rings (SSSR count). The second kappa shape index (κ2) is 9.65. The van der Waals surface area contributed by atoms with Gasteiger partial charge in [0.05, 0.1) is 4.88 Å². The molecular weight excluding hydrogens is 416 g/mol. The first-order valence-corrected chi connectivity index (χ1v) is 11.4. The summed E-state index contributed by atoms with van der Waals surface area (Å²) in [6, 6.07) is 18.0. The molecule has 3 aromatic rings. The number of benzene rings is 2. The predicted octanol–water partition coefficient (Wildman–Crippen LogP) is 5.25. The second-order valence-corrected chi connectivity index (χ2v) is 8.97. The lowest BCUT2D eigenvalue weighted by Crippen LogP contribution is -2.48. The average Bonchev–Trinajstić information content (AvgIpc) is 3.23. The summed E-state index contributed by atoms with van der Waals surface area (Å²) in [5.74, 6) is 0.843. The molecule has 0 bridgehead atoms. The second-order valence-electron chi connectivity index (χ2n) is 7.62. The van der Waals surface area contributed by atoms with Crippen LogP contribution in [0.5, 0.6) is 5.75 Å². The van der Waals surface area contributed by atoms with Crippen LogP contribution in [0.3, 0.4) is 0 Å². The van der Waals surface area contributed by atoms with Crippen molar-refractivity contribution in [2.45, 2.75) is 20.1 Å². The largest absolute Gasteiger partial charge is 0.489 e. The minimum Gasteiger partial charge on any atom is -0.489 e. The lowest BCUT2D eigenvalue weighted by molar-refractivity contribution is 0.0633. The molecule has 1 saturated heterocycles. The molecule has 0 aliphatic carbocycles. The minimum absolute atomic E-state index is 0.115. The van der Waals surface area contributed by atoms with Gasteiger partial charge in [0.15, 0.2) is 0 Å². The van der Waals surface area contributed by atoms with Crippen molar-refractivity contribution in [1.29, 1.82) is 0 Å². The van der Waals surface area contributed by atoms with E-state index in [1.807, 2.05) is 34.5 Å². The van der Waals surface area contributed by atoms with E-state index >= 15 is 0 Å². The topological polar surface area (TPSA) is 32.8 Å². The standard InChI is InChI=1S/C24H25ClN2O2S/c1-18-5-7-19(8-6-18)15-26-9-11-27(12-10-26)24(28)23-13-20(17-30-23)16-29-22-4-2-3-21(25)14-22/h2-8,13-14,17H,9-12,15-16H2,1H3. The lowest BCUT2D eigenvalue weighted by Gasteiger charge is -2.34. The number of piperazine rings is 1. The van der Waals surface area contributed by atoms with Crippen LogP contribution >= 0.6 is 22.9 Å². The van der Waals surface area contributed by atoms with Gasteiger partial charge in [0.1, 0.15) is 12.4 Å². The summed E-state index contributed by atoms with van der Waals surface area (Å²) in [5, 5.41) is 2.64. The van der Waals surface area contributed by atoms with Gasteiger partial charge in [-0.15, -0.1) is 11.3 Å². The van der Waals surface area contributed by atoms with E-state index in [2.05, 4.69) is 36.1 Å². The molecule has 0 spiro atoms. The number of halogens is 1. The number of carbonyl (C=O) groups excluding carboxylic acids is 1. The molecule has 2 heterocycles. The Morgan fingerprint density at radius 2 is 1.80 bits per heavy atom. The maximum atomic E-state index is 12.9. The van der Waals surface area contributed by atoms with Gasteiger partial charge in [0.25, 0.3) is 5.91 Å². The third-order valence-corrected chi connectivity index (χ3v) is 6.45. The van der Waals surface area contributed by atoms with Crippen LogP contribution < -0.4 is 4.74 Å². The Morgan fingerprint density at radius 3 is 2.53 bits per heavy atom. The molecule has 156 valence electrons. The highest BCUT2D eigenvalue weighted by atomic mass is 35.5. The zero-order valence-electron chi connectivity index (χ0n) is 17.0. The quantitative estimate of drug-likeness (QED) is 0.525. The maximum Gasteiger partial charge on any atom is 0.264 e. The highest BCUT2D eigenvalue weighted by molar-refractivity contribution is 7.12. The van der Waals surface area contributed by atoms with Crippen LogP contribution in [0.15, 0.2) is 60.0 Å². The summed E-state index contributed by atoms with van der Waals surface area (Å²) in [6.07, 6.45) is 0. The van der Waals surface area contributed by atoms with Crippen molar-refractivity contribution >= 4 is 28.8 Å². The SMILES string of the molecule is Cc1ccc(CN2CCN(C(=O)c3cc(COc4cccc(Cl)c4)cs3)CC2)cc1. The number of rotatable bonds is 6.